The van der Waals surface area contributed by atoms with Gasteiger partial charge in [0.25, 0.3) is 0 Å². The second-order valence-corrected chi connectivity index (χ2v) is 6.02. The van der Waals surface area contributed by atoms with Gasteiger partial charge >= 0.3 is 0 Å². The van der Waals surface area contributed by atoms with Crippen LogP contribution < -0.4 is 4.74 Å². The first kappa shape index (κ1) is 14.0. The molecule has 0 unspecified atom stereocenters. The van der Waals surface area contributed by atoms with Crippen LogP contribution in [0.5, 0.6) is 5.75 Å². The Hall–Kier alpha value is -3.40. The number of rotatable bonds is 2. The van der Waals surface area contributed by atoms with Crippen molar-refractivity contribution in [3.05, 3.63) is 67.1 Å². The van der Waals surface area contributed by atoms with Gasteiger partial charge in [-0.3, -0.25) is 9.97 Å². The van der Waals surface area contributed by atoms with Crippen molar-refractivity contribution in [2.24, 2.45) is 0 Å². The highest BCUT2D eigenvalue weighted by Crippen LogP contribution is 2.35. The molecule has 0 amide bonds. The summed E-state index contributed by atoms with van der Waals surface area (Å²) in [6.45, 7) is 0. The summed E-state index contributed by atoms with van der Waals surface area (Å²) in [5.41, 5.74) is 4.13. The van der Waals surface area contributed by atoms with E-state index in [0.29, 0.717) is 0 Å². The Morgan fingerprint density at radius 1 is 0.920 bits per heavy atom. The van der Waals surface area contributed by atoms with E-state index in [9.17, 15) is 0 Å². The minimum absolute atomic E-state index is 0.838. The number of H-pyrrole nitrogens is 1. The number of nitrogens with zero attached hydrogens (tertiary/aromatic N) is 2. The third-order valence-corrected chi connectivity index (χ3v) is 4.66. The topological polar surface area (TPSA) is 50.8 Å². The van der Waals surface area contributed by atoms with Gasteiger partial charge in [-0.05, 0) is 29.7 Å². The number of aromatic nitrogens is 3. The molecule has 5 rings (SSSR count). The van der Waals surface area contributed by atoms with Crippen molar-refractivity contribution < 1.29 is 4.74 Å². The van der Waals surface area contributed by atoms with Gasteiger partial charge in [0.15, 0.2) is 0 Å². The molecule has 120 valence electrons. The van der Waals surface area contributed by atoms with Gasteiger partial charge in [0.05, 0.1) is 23.8 Å². The lowest BCUT2D eigenvalue weighted by molar-refractivity contribution is 0.415. The van der Waals surface area contributed by atoms with E-state index in [2.05, 4.69) is 39.2 Å². The summed E-state index contributed by atoms with van der Waals surface area (Å²) in [4.78, 5) is 12.4. The molecule has 0 spiro atoms. The Morgan fingerprint density at radius 2 is 1.84 bits per heavy atom. The SMILES string of the molecule is COc1ccc2c(c1)[nH]c1c(-c3cccc4cnccc34)nccc12. The number of aromatic amines is 1. The lowest BCUT2D eigenvalue weighted by Crippen LogP contribution is -1.87. The highest BCUT2D eigenvalue weighted by Gasteiger charge is 2.13. The van der Waals surface area contributed by atoms with E-state index in [4.69, 9.17) is 4.74 Å². The van der Waals surface area contributed by atoms with Crippen molar-refractivity contribution >= 4 is 32.6 Å². The molecule has 0 atom stereocenters. The van der Waals surface area contributed by atoms with Gasteiger partial charge in [-0.2, -0.15) is 0 Å². The fourth-order valence-electron chi connectivity index (χ4n) is 3.47. The summed E-state index contributed by atoms with van der Waals surface area (Å²) in [5, 5.41) is 4.58. The number of benzene rings is 2. The van der Waals surface area contributed by atoms with Gasteiger partial charge in [0, 0.05) is 46.4 Å². The Morgan fingerprint density at radius 3 is 2.76 bits per heavy atom. The largest absolute Gasteiger partial charge is 0.497 e. The second kappa shape index (κ2) is 5.31. The lowest BCUT2D eigenvalue weighted by atomic mass is 10.0. The highest BCUT2D eigenvalue weighted by molar-refractivity contribution is 6.13. The smallest absolute Gasteiger partial charge is 0.120 e. The number of hydrogen-bond acceptors (Lipinski definition) is 3. The lowest BCUT2D eigenvalue weighted by Gasteiger charge is -2.06. The Balaban J connectivity index is 1.87. The molecular weight excluding hydrogens is 310 g/mol. The van der Waals surface area contributed by atoms with Crippen molar-refractivity contribution in [1.82, 2.24) is 15.0 Å². The van der Waals surface area contributed by atoms with Crippen LogP contribution in [-0.2, 0) is 0 Å². The molecule has 0 bridgehead atoms. The molecular formula is C21H15N3O. The second-order valence-electron chi connectivity index (χ2n) is 6.02. The van der Waals surface area contributed by atoms with Crippen molar-refractivity contribution in [2.45, 2.75) is 0 Å². The van der Waals surface area contributed by atoms with Crippen LogP contribution >= 0.6 is 0 Å². The van der Waals surface area contributed by atoms with Crippen LogP contribution in [0.4, 0.5) is 0 Å². The highest BCUT2D eigenvalue weighted by atomic mass is 16.5. The fraction of sp³-hybridized carbons (Fsp3) is 0.0476. The maximum atomic E-state index is 5.35. The zero-order valence-corrected chi connectivity index (χ0v) is 13.7. The third kappa shape index (κ3) is 2.08. The summed E-state index contributed by atoms with van der Waals surface area (Å²) in [6, 6.07) is 16.4. The van der Waals surface area contributed by atoms with Gasteiger partial charge in [0.2, 0.25) is 0 Å². The summed E-state index contributed by atoms with van der Waals surface area (Å²) >= 11 is 0. The molecule has 0 saturated heterocycles. The zero-order chi connectivity index (χ0) is 16.8. The molecule has 0 radical (unpaired) electrons. The molecule has 0 aliphatic carbocycles. The van der Waals surface area contributed by atoms with E-state index in [-0.39, 0.29) is 0 Å². The number of nitrogens with one attached hydrogen (secondary N) is 1. The van der Waals surface area contributed by atoms with E-state index in [0.717, 1.165) is 44.2 Å². The quantitative estimate of drug-likeness (QED) is 0.500. The van der Waals surface area contributed by atoms with Gasteiger partial charge < -0.3 is 9.72 Å². The van der Waals surface area contributed by atoms with Crippen molar-refractivity contribution in [1.29, 1.82) is 0 Å². The van der Waals surface area contributed by atoms with Crippen LogP contribution in [0.3, 0.4) is 0 Å². The molecule has 3 aromatic heterocycles. The molecule has 4 heteroatoms. The van der Waals surface area contributed by atoms with E-state index in [1.165, 1.54) is 5.39 Å². The molecule has 0 fully saturated rings. The van der Waals surface area contributed by atoms with E-state index < -0.39 is 0 Å². The van der Waals surface area contributed by atoms with Crippen molar-refractivity contribution in [3.63, 3.8) is 0 Å². The molecule has 0 aliphatic heterocycles. The predicted molar refractivity (Wildman–Crippen MR) is 101 cm³/mol. The Bertz CT molecular complexity index is 1230. The third-order valence-electron chi connectivity index (χ3n) is 4.66. The standard InChI is InChI=1S/C21H15N3O/c1-25-14-5-6-16-18-8-10-23-20(21(18)24-19(16)11-14)17-4-2-3-13-12-22-9-7-15(13)17/h2-12,24H,1H3. The Kier molecular flexibility index (Phi) is 2.97. The number of fused-ring (bicyclic) bond motifs is 4. The van der Waals surface area contributed by atoms with Gasteiger partial charge in [-0.15, -0.1) is 0 Å². The summed E-state index contributed by atoms with van der Waals surface area (Å²) < 4.78 is 5.35. The first-order chi connectivity index (χ1) is 12.3. The minimum atomic E-state index is 0.838. The fourth-order valence-corrected chi connectivity index (χ4v) is 3.47. The van der Waals surface area contributed by atoms with Crippen molar-refractivity contribution in [3.8, 4) is 17.0 Å². The molecule has 2 aromatic carbocycles. The van der Waals surface area contributed by atoms with Crippen LogP contribution in [-0.4, -0.2) is 22.1 Å². The molecule has 25 heavy (non-hydrogen) atoms. The summed E-state index contributed by atoms with van der Waals surface area (Å²) in [7, 11) is 1.68. The maximum Gasteiger partial charge on any atom is 0.120 e. The van der Waals surface area contributed by atoms with E-state index in [1.54, 1.807) is 7.11 Å². The number of hydrogen-bond donors (Lipinski definition) is 1. The van der Waals surface area contributed by atoms with Gasteiger partial charge in [0.1, 0.15) is 5.75 Å². The molecule has 0 saturated carbocycles. The van der Waals surface area contributed by atoms with E-state index in [1.807, 2.05) is 42.9 Å². The normalized spacial score (nSPS) is 11.4. The monoisotopic (exact) mass is 325 g/mol. The number of ether oxygens (including phenoxy) is 1. The minimum Gasteiger partial charge on any atom is -0.497 e. The molecule has 3 heterocycles. The van der Waals surface area contributed by atoms with Crippen LogP contribution in [0, 0.1) is 0 Å². The predicted octanol–water partition coefficient (Wildman–Crippen LogP) is 4.94. The van der Waals surface area contributed by atoms with Gasteiger partial charge in [-0.1, -0.05) is 18.2 Å². The number of pyridine rings is 2. The molecule has 5 aromatic rings. The molecule has 1 N–H and O–H groups in total. The van der Waals surface area contributed by atoms with Crippen LogP contribution in [0.15, 0.2) is 67.1 Å². The Labute approximate surface area is 144 Å². The molecule has 0 aliphatic rings. The number of methoxy groups -OCH3 is 1. The first-order valence-corrected chi connectivity index (χ1v) is 8.13. The first-order valence-electron chi connectivity index (χ1n) is 8.13. The van der Waals surface area contributed by atoms with Crippen molar-refractivity contribution in [2.75, 3.05) is 7.11 Å². The summed E-state index contributed by atoms with van der Waals surface area (Å²) in [5.74, 6) is 0.838. The average Bonchev–Trinajstić information content (AvgIpc) is 3.05. The molecule has 4 nitrogen and oxygen atoms in total. The van der Waals surface area contributed by atoms with Crippen LogP contribution in [0.2, 0.25) is 0 Å². The van der Waals surface area contributed by atoms with Crippen LogP contribution in [0.25, 0.3) is 43.8 Å². The van der Waals surface area contributed by atoms with Gasteiger partial charge in [-0.25, -0.2) is 0 Å². The summed E-state index contributed by atoms with van der Waals surface area (Å²) in [6.07, 6.45) is 5.58. The zero-order valence-electron chi connectivity index (χ0n) is 13.7. The van der Waals surface area contributed by atoms with Crippen LogP contribution in [0.1, 0.15) is 0 Å². The van der Waals surface area contributed by atoms with E-state index >= 15 is 0 Å². The maximum absolute atomic E-state index is 5.35. The average molecular weight is 325 g/mol.